The molecule has 2 unspecified atom stereocenters. The van der Waals surface area contributed by atoms with E-state index in [0.717, 1.165) is 18.9 Å². The third-order valence-corrected chi connectivity index (χ3v) is 10.1. The molecule has 0 saturated carbocycles. The number of sulfonamides is 1. The number of nitrogens with one attached hydrogen (secondary N) is 2. The predicted molar refractivity (Wildman–Crippen MR) is 149 cm³/mol. The molecule has 2 aromatic rings. The van der Waals surface area contributed by atoms with Crippen molar-refractivity contribution >= 4 is 21.8 Å². The Morgan fingerprint density at radius 3 is 2.54 bits per heavy atom. The van der Waals surface area contributed by atoms with Crippen LogP contribution in [0.25, 0.3) is 0 Å². The molecule has 2 amide bonds. The molecule has 3 heterocycles. The molecule has 0 aliphatic carbocycles. The molecule has 0 spiro atoms. The fourth-order valence-electron chi connectivity index (χ4n) is 5.81. The average molecular weight is 595 g/mol. The highest BCUT2D eigenvalue weighted by Gasteiger charge is 2.37. The summed E-state index contributed by atoms with van der Waals surface area (Å²) in [4.78, 5) is 27.6. The molecule has 0 bridgehead atoms. The highest BCUT2D eigenvalue weighted by molar-refractivity contribution is 7.89. The second-order valence-electron chi connectivity index (χ2n) is 11.2. The fraction of sp³-hybridized carbons (Fsp3) is 0.607. The van der Waals surface area contributed by atoms with Crippen molar-refractivity contribution in [3.8, 4) is 0 Å². The minimum Gasteiger partial charge on any atom is -0.353 e. The summed E-state index contributed by atoms with van der Waals surface area (Å²) in [6.45, 7) is 7.20. The number of amides is 2. The van der Waals surface area contributed by atoms with Gasteiger partial charge in [-0.15, -0.1) is 0 Å². The van der Waals surface area contributed by atoms with E-state index in [2.05, 4.69) is 15.7 Å². The van der Waals surface area contributed by atoms with Gasteiger partial charge in [0.15, 0.2) is 0 Å². The second-order valence-corrected chi connectivity index (χ2v) is 13.0. The molecule has 2 saturated heterocycles. The molecule has 2 aliphatic heterocycles. The number of unbranched alkanes of at least 4 members (excludes halogenated alkanes) is 1. The van der Waals surface area contributed by atoms with Crippen molar-refractivity contribution in [3.05, 3.63) is 46.8 Å². The standard InChI is InChI=1S/C28H40F2N6O4S/c1-5-6-8-35-16-21(13-26(35)37)28(38)32-24(12-20-10-22(29)14-23(30)11-20)15-25-17-36(9-7-31-25)41(39,40)27-18(2)33-34(4)19(27)3/h10-11,14,21,24-25,31H,5-9,12-13,15-17H2,1-4H3,(H,32,38)/t21?,24?,25-/m0/s1. The first-order valence-corrected chi connectivity index (χ1v) is 15.6. The van der Waals surface area contributed by atoms with Crippen LogP contribution in [0, 0.1) is 31.4 Å². The lowest BCUT2D eigenvalue weighted by Crippen LogP contribution is -2.55. The van der Waals surface area contributed by atoms with Crippen molar-refractivity contribution in [1.82, 2.24) is 29.6 Å². The number of aryl methyl sites for hydroxylation is 2. The highest BCUT2D eigenvalue weighted by Crippen LogP contribution is 2.25. The first-order chi connectivity index (χ1) is 19.4. The lowest BCUT2D eigenvalue weighted by atomic mass is 9.97. The molecule has 4 rings (SSSR count). The van der Waals surface area contributed by atoms with Crippen LogP contribution in [0.2, 0.25) is 0 Å². The maximum Gasteiger partial charge on any atom is 0.246 e. The Hall–Kier alpha value is -2.90. The average Bonchev–Trinajstić information content (AvgIpc) is 3.39. The molecule has 2 N–H and O–H groups in total. The van der Waals surface area contributed by atoms with Gasteiger partial charge in [-0.3, -0.25) is 14.3 Å². The van der Waals surface area contributed by atoms with Crippen molar-refractivity contribution in [2.24, 2.45) is 13.0 Å². The topological polar surface area (TPSA) is 117 Å². The largest absolute Gasteiger partial charge is 0.353 e. The van der Waals surface area contributed by atoms with Gasteiger partial charge in [0.25, 0.3) is 0 Å². The number of rotatable bonds is 11. The van der Waals surface area contributed by atoms with Crippen LogP contribution in [0.3, 0.4) is 0 Å². The summed E-state index contributed by atoms with van der Waals surface area (Å²) in [5.41, 5.74) is 1.36. The Bertz CT molecular complexity index is 1360. The summed E-state index contributed by atoms with van der Waals surface area (Å²) >= 11 is 0. The van der Waals surface area contributed by atoms with Crippen LogP contribution in [-0.2, 0) is 33.1 Å². The first kappa shape index (κ1) is 31.0. The molecule has 41 heavy (non-hydrogen) atoms. The van der Waals surface area contributed by atoms with E-state index in [-0.39, 0.29) is 48.7 Å². The minimum absolute atomic E-state index is 0.0573. The molecule has 13 heteroatoms. The van der Waals surface area contributed by atoms with Crippen LogP contribution in [-0.4, -0.2) is 84.0 Å². The number of hydrogen-bond donors (Lipinski definition) is 2. The van der Waals surface area contributed by atoms with Crippen molar-refractivity contribution in [2.45, 2.75) is 69.9 Å². The number of carbonyl (C=O) groups is 2. The smallest absolute Gasteiger partial charge is 0.246 e. The van der Waals surface area contributed by atoms with Crippen molar-refractivity contribution in [1.29, 1.82) is 0 Å². The summed E-state index contributed by atoms with van der Waals surface area (Å²) in [5, 5.41) is 10.6. The van der Waals surface area contributed by atoms with E-state index >= 15 is 0 Å². The minimum atomic E-state index is -3.82. The molecule has 10 nitrogen and oxygen atoms in total. The van der Waals surface area contributed by atoms with E-state index in [1.165, 1.54) is 16.4 Å². The van der Waals surface area contributed by atoms with Gasteiger partial charge in [-0.05, 0) is 50.8 Å². The van der Waals surface area contributed by atoms with E-state index in [1.54, 1.807) is 30.5 Å². The van der Waals surface area contributed by atoms with E-state index in [9.17, 15) is 26.8 Å². The maximum atomic E-state index is 14.0. The first-order valence-electron chi connectivity index (χ1n) is 14.2. The van der Waals surface area contributed by atoms with Crippen molar-refractivity contribution < 1.29 is 26.8 Å². The van der Waals surface area contributed by atoms with E-state index in [4.69, 9.17) is 0 Å². The third-order valence-electron chi connectivity index (χ3n) is 7.95. The second kappa shape index (κ2) is 13.0. The van der Waals surface area contributed by atoms with Crippen LogP contribution >= 0.6 is 0 Å². The van der Waals surface area contributed by atoms with Gasteiger partial charge >= 0.3 is 0 Å². The van der Waals surface area contributed by atoms with Gasteiger partial charge in [0, 0.05) is 64.3 Å². The third kappa shape index (κ3) is 7.31. The van der Waals surface area contributed by atoms with Crippen LogP contribution < -0.4 is 10.6 Å². The zero-order valence-corrected chi connectivity index (χ0v) is 24.9. The van der Waals surface area contributed by atoms with Crippen molar-refractivity contribution in [2.75, 3.05) is 32.7 Å². The number of hydrogen-bond acceptors (Lipinski definition) is 6. The lowest BCUT2D eigenvalue weighted by molar-refractivity contribution is -0.129. The normalized spacial score (nSPS) is 20.9. The monoisotopic (exact) mass is 594 g/mol. The maximum absolute atomic E-state index is 14.0. The van der Waals surface area contributed by atoms with Gasteiger partial charge in [-0.2, -0.15) is 9.40 Å². The molecule has 2 aliphatic rings. The van der Waals surface area contributed by atoms with Gasteiger partial charge in [0.1, 0.15) is 16.5 Å². The molecular formula is C28H40F2N6O4S. The summed E-state index contributed by atoms with van der Waals surface area (Å²) < 4.78 is 58.1. The van der Waals surface area contributed by atoms with Gasteiger partial charge in [0.05, 0.1) is 17.3 Å². The molecule has 1 aromatic heterocycles. The summed E-state index contributed by atoms with van der Waals surface area (Å²) in [5.74, 6) is -2.29. The van der Waals surface area contributed by atoms with E-state index in [0.29, 0.717) is 43.0 Å². The number of aromatic nitrogens is 2. The Kier molecular flexibility index (Phi) is 9.81. The number of piperazine rings is 1. The van der Waals surface area contributed by atoms with Gasteiger partial charge < -0.3 is 15.5 Å². The number of carbonyl (C=O) groups excluding carboxylic acids is 2. The molecule has 3 atom stereocenters. The Morgan fingerprint density at radius 1 is 1.20 bits per heavy atom. The molecule has 226 valence electrons. The fourth-order valence-corrected chi connectivity index (χ4v) is 7.70. The Labute approximate surface area is 240 Å². The molecule has 0 radical (unpaired) electrons. The number of likely N-dealkylation sites (tertiary alicyclic amines) is 1. The van der Waals surface area contributed by atoms with Crippen LogP contribution in [0.5, 0.6) is 0 Å². The predicted octanol–water partition coefficient (Wildman–Crippen LogP) is 2.04. The van der Waals surface area contributed by atoms with Crippen LogP contribution in [0.1, 0.15) is 49.6 Å². The lowest BCUT2D eigenvalue weighted by Gasteiger charge is -2.35. The summed E-state index contributed by atoms with van der Waals surface area (Å²) in [6.07, 6.45) is 2.38. The number of halogens is 2. The SMILES string of the molecule is CCCCN1CC(C(=O)NC(Cc2cc(F)cc(F)c2)C[C@H]2CN(S(=O)(=O)c3c(C)nn(C)c3C)CCN2)CC1=O. The molecule has 1 aromatic carbocycles. The van der Waals surface area contributed by atoms with E-state index in [1.807, 2.05) is 6.92 Å². The van der Waals surface area contributed by atoms with Gasteiger partial charge in [-0.1, -0.05) is 13.3 Å². The zero-order chi connectivity index (χ0) is 29.9. The number of benzene rings is 1. The number of nitrogens with zero attached hydrogens (tertiary/aromatic N) is 4. The van der Waals surface area contributed by atoms with Crippen LogP contribution in [0.4, 0.5) is 8.78 Å². The Morgan fingerprint density at radius 2 is 1.90 bits per heavy atom. The van der Waals surface area contributed by atoms with Gasteiger partial charge in [-0.25, -0.2) is 17.2 Å². The zero-order valence-electron chi connectivity index (χ0n) is 24.1. The Balaban J connectivity index is 1.50. The molecular weight excluding hydrogens is 554 g/mol. The molecule has 2 fully saturated rings. The van der Waals surface area contributed by atoms with Crippen molar-refractivity contribution in [3.63, 3.8) is 0 Å². The highest BCUT2D eigenvalue weighted by atomic mass is 32.2. The quantitative estimate of drug-likeness (QED) is 0.412. The summed E-state index contributed by atoms with van der Waals surface area (Å²) in [7, 11) is -2.12. The van der Waals surface area contributed by atoms with E-state index < -0.39 is 33.6 Å². The van der Waals surface area contributed by atoms with Crippen LogP contribution in [0.15, 0.2) is 23.1 Å². The van der Waals surface area contributed by atoms with Gasteiger partial charge in [0.2, 0.25) is 21.8 Å². The summed E-state index contributed by atoms with van der Waals surface area (Å²) in [6, 6.07) is 2.37.